The van der Waals surface area contributed by atoms with Crippen molar-refractivity contribution in [3.63, 3.8) is 0 Å². The van der Waals surface area contributed by atoms with Crippen LogP contribution in [0.2, 0.25) is 0 Å². The summed E-state index contributed by atoms with van der Waals surface area (Å²) in [6.07, 6.45) is 0. The van der Waals surface area contributed by atoms with Gasteiger partial charge in [0.05, 0.1) is 25.5 Å². The van der Waals surface area contributed by atoms with E-state index < -0.39 is 0 Å². The first kappa shape index (κ1) is 13.8. The molecule has 106 valence electrons. The van der Waals surface area contributed by atoms with Gasteiger partial charge in [-0.2, -0.15) is 0 Å². The van der Waals surface area contributed by atoms with Crippen molar-refractivity contribution in [2.45, 2.75) is 0 Å². The molecule has 0 fully saturated rings. The minimum absolute atomic E-state index is 0.424. The smallest absolute Gasteiger partial charge is 0.165 e. The molecule has 1 heterocycles. The van der Waals surface area contributed by atoms with Gasteiger partial charge in [0.15, 0.2) is 11.5 Å². The predicted octanol–water partition coefficient (Wildman–Crippen LogP) is 1.08. The second-order valence-electron chi connectivity index (χ2n) is 3.99. The van der Waals surface area contributed by atoms with Crippen molar-refractivity contribution in [2.24, 2.45) is 0 Å². The second kappa shape index (κ2) is 7.06. The number of benzene rings is 1. The van der Waals surface area contributed by atoms with Crippen molar-refractivity contribution >= 4 is 5.69 Å². The third-order valence-corrected chi connectivity index (χ3v) is 2.59. The number of fused-ring (bicyclic) bond motifs is 1. The first-order valence-electron chi connectivity index (χ1n) is 6.20. The summed E-state index contributed by atoms with van der Waals surface area (Å²) in [5.41, 5.74) is 6.41. The number of hydrogen-bond acceptors (Lipinski definition) is 6. The molecule has 0 radical (unpaired) electrons. The highest BCUT2D eigenvalue weighted by Crippen LogP contribution is 2.38. The molecule has 1 aromatic carbocycles. The largest absolute Gasteiger partial charge is 0.489 e. The van der Waals surface area contributed by atoms with E-state index in [-0.39, 0.29) is 0 Å². The first-order valence-corrected chi connectivity index (χ1v) is 6.20. The lowest BCUT2D eigenvalue weighted by Gasteiger charge is -2.20. The van der Waals surface area contributed by atoms with Gasteiger partial charge in [0.1, 0.15) is 25.6 Å². The van der Waals surface area contributed by atoms with Crippen LogP contribution in [0.25, 0.3) is 0 Å². The average Bonchev–Trinajstić information content (AvgIpc) is 2.43. The van der Waals surface area contributed by atoms with Gasteiger partial charge in [0, 0.05) is 19.2 Å². The van der Waals surface area contributed by atoms with Crippen molar-refractivity contribution in [1.29, 1.82) is 0 Å². The van der Waals surface area contributed by atoms with Gasteiger partial charge in [-0.05, 0) is 0 Å². The molecule has 1 aliphatic heterocycles. The number of hydrogen-bond donors (Lipinski definition) is 1. The summed E-state index contributed by atoms with van der Waals surface area (Å²) >= 11 is 0. The number of nitrogens with two attached hydrogens (primary N) is 1. The maximum Gasteiger partial charge on any atom is 0.165 e. The molecule has 2 N–H and O–H groups in total. The van der Waals surface area contributed by atoms with E-state index in [0.717, 1.165) is 0 Å². The SMILES string of the molecule is COCCOCCOc1cc2c(cc1N)OCCO2. The molecule has 0 saturated heterocycles. The third-order valence-electron chi connectivity index (χ3n) is 2.59. The maximum absolute atomic E-state index is 5.89. The Balaban J connectivity index is 1.83. The Morgan fingerprint density at radius 3 is 2.47 bits per heavy atom. The summed E-state index contributed by atoms with van der Waals surface area (Å²) in [7, 11) is 1.63. The van der Waals surface area contributed by atoms with E-state index in [1.807, 2.05) is 0 Å². The van der Waals surface area contributed by atoms with Gasteiger partial charge in [-0.25, -0.2) is 0 Å². The van der Waals surface area contributed by atoms with E-state index >= 15 is 0 Å². The van der Waals surface area contributed by atoms with Gasteiger partial charge in [0.25, 0.3) is 0 Å². The van der Waals surface area contributed by atoms with Crippen LogP contribution in [0.5, 0.6) is 17.2 Å². The van der Waals surface area contributed by atoms with E-state index in [2.05, 4.69) is 0 Å². The number of rotatable bonds is 7. The van der Waals surface area contributed by atoms with Crippen molar-refractivity contribution in [3.05, 3.63) is 12.1 Å². The van der Waals surface area contributed by atoms with Crippen LogP contribution in [0.4, 0.5) is 5.69 Å². The quantitative estimate of drug-likeness (QED) is 0.590. The van der Waals surface area contributed by atoms with Crippen molar-refractivity contribution < 1.29 is 23.7 Å². The molecule has 0 unspecified atom stereocenters. The molecule has 0 atom stereocenters. The summed E-state index contributed by atoms with van der Waals surface area (Å²) in [4.78, 5) is 0. The fourth-order valence-corrected chi connectivity index (χ4v) is 1.67. The van der Waals surface area contributed by atoms with Crippen LogP contribution < -0.4 is 19.9 Å². The zero-order chi connectivity index (χ0) is 13.5. The van der Waals surface area contributed by atoms with Crippen molar-refractivity contribution in [3.8, 4) is 17.2 Å². The lowest BCUT2D eigenvalue weighted by atomic mass is 10.2. The monoisotopic (exact) mass is 269 g/mol. The van der Waals surface area contributed by atoms with Gasteiger partial charge < -0.3 is 29.4 Å². The molecule has 1 aliphatic rings. The normalized spacial score (nSPS) is 13.3. The van der Waals surface area contributed by atoms with Crippen molar-refractivity contribution in [2.75, 3.05) is 52.5 Å². The van der Waals surface area contributed by atoms with E-state index in [0.29, 0.717) is 62.6 Å². The third kappa shape index (κ3) is 3.90. The molecule has 19 heavy (non-hydrogen) atoms. The van der Waals surface area contributed by atoms with Crippen LogP contribution in [0.1, 0.15) is 0 Å². The van der Waals surface area contributed by atoms with Gasteiger partial charge in [0.2, 0.25) is 0 Å². The average molecular weight is 269 g/mol. The number of anilines is 1. The van der Waals surface area contributed by atoms with Crippen LogP contribution in [0.3, 0.4) is 0 Å². The van der Waals surface area contributed by atoms with Crippen LogP contribution in [-0.4, -0.2) is 46.8 Å². The van der Waals surface area contributed by atoms with E-state index in [1.54, 1.807) is 19.2 Å². The lowest BCUT2D eigenvalue weighted by Crippen LogP contribution is -2.16. The highest BCUT2D eigenvalue weighted by atomic mass is 16.6. The Kier molecular flexibility index (Phi) is 5.11. The Labute approximate surface area is 112 Å². The predicted molar refractivity (Wildman–Crippen MR) is 70.0 cm³/mol. The molecule has 0 aliphatic carbocycles. The van der Waals surface area contributed by atoms with Gasteiger partial charge >= 0.3 is 0 Å². The Morgan fingerprint density at radius 2 is 1.74 bits per heavy atom. The molecule has 0 amide bonds. The molecule has 0 bridgehead atoms. The summed E-state index contributed by atoms with van der Waals surface area (Å²) in [5.74, 6) is 1.91. The molecule has 0 saturated carbocycles. The fraction of sp³-hybridized carbons (Fsp3) is 0.538. The summed E-state index contributed by atoms with van der Waals surface area (Å²) in [5, 5.41) is 0. The minimum Gasteiger partial charge on any atom is -0.489 e. The zero-order valence-electron chi connectivity index (χ0n) is 11.0. The molecule has 0 spiro atoms. The number of ether oxygens (including phenoxy) is 5. The van der Waals surface area contributed by atoms with Crippen LogP contribution in [0.15, 0.2) is 12.1 Å². The lowest BCUT2D eigenvalue weighted by molar-refractivity contribution is 0.0544. The fourth-order valence-electron chi connectivity index (χ4n) is 1.67. The maximum atomic E-state index is 5.89. The van der Waals surface area contributed by atoms with Gasteiger partial charge in [-0.15, -0.1) is 0 Å². The van der Waals surface area contributed by atoms with Crippen molar-refractivity contribution in [1.82, 2.24) is 0 Å². The molecule has 0 aromatic heterocycles. The van der Waals surface area contributed by atoms with Gasteiger partial charge in [-0.1, -0.05) is 0 Å². The van der Waals surface area contributed by atoms with Crippen LogP contribution >= 0.6 is 0 Å². The highest BCUT2D eigenvalue weighted by molar-refractivity contribution is 5.62. The Bertz CT molecular complexity index is 410. The topological polar surface area (TPSA) is 72.2 Å². The second-order valence-corrected chi connectivity index (χ2v) is 3.99. The Hall–Kier alpha value is -1.66. The first-order chi connectivity index (χ1) is 9.31. The zero-order valence-corrected chi connectivity index (χ0v) is 11.0. The molecule has 6 heteroatoms. The highest BCUT2D eigenvalue weighted by Gasteiger charge is 2.15. The molecule has 6 nitrogen and oxygen atoms in total. The van der Waals surface area contributed by atoms with E-state index in [4.69, 9.17) is 29.4 Å². The standard InChI is InChI=1S/C13H19NO5/c1-15-2-3-16-4-5-17-11-9-13-12(8-10(11)14)18-6-7-19-13/h8-9H,2-7,14H2,1H3. The number of nitrogen functional groups attached to an aromatic ring is 1. The summed E-state index contributed by atoms with van der Waals surface area (Å²) in [6, 6.07) is 3.47. The summed E-state index contributed by atoms with van der Waals surface area (Å²) < 4.78 is 26.6. The molecule has 2 rings (SSSR count). The van der Waals surface area contributed by atoms with Gasteiger partial charge in [-0.3, -0.25) is 0 Å². The van der Waals surface area contributed by atoms with E-state index in [1.165, 1.54) is 0 Å². The van der Waals surface area contributed by atoms with Crippen LogP contribution in [-0.2, 0) is 9.47 Å². The minimum atomic E-state index is 0.424. The molecule has 1 aromatic rings. The van der Waals surface area contributed by atoms with E-state index in [9.17, 15) is 0 Å². The Morgan fingerprint density at radius 1 is 1.05 bits per heavy atom. The molecular weight excluding hydrogens is 250 g/mol. The number of methoxy groups -OCH3 is 1. The van der Waals surface area contributed by atoms with Crippen LogP contribution in [0, 0.1) is 0 Å². The molecular formula is C13H19NO5. The summed E-state index contributed by atoms with van der Waals surface area (Å²) in [6.45, 7) is 3.11.